The smallest absolute Gasteiger partial charge is 0.307 e. The average molecular weight is 316 g/mol. The van der Waals surface area contributed by atoms with Gasteiger partial charge in [0.2, 0.25) is 5.91 Å². The van der Waals surface area contributed by atoms with E-state index < -0.39 is 23.2 Å². The Bertz CT molecular complexity index is 598. The maximum atomic E-state index is 12.2. The first-order chi connectivity index (χ1) is 9.16. The van der Waals surface area contributed by atoms with Crippen LogP contribution >= 0.6 is 23.2 Å². The number of hydrogen-bond acceptors (Lipinski definition) is 2. The third-order valence-electron chi connectivity index (χ3n) is 3.88. The summed E-state index contributed by atoms with van der Waals surface area (Å²) in [5.74, 6) is -2.52. The van der Waals surface area contributed by atoms with Gasteiger partial charge in [-0.05, 0) is 30.0 Å². The Morgan fingerprint density at radius 3 is 2.30 bits per heavy atom. The number of carbonyl (C=O) groups is 2. The third kappa shape index (κ3) is 2.50. The van der Waals surface area contributed by atoms with E-state index in [-0.39, 0.29) is 5.91 Å². The predicted molar refractivity (Wildman–Crippen MR) is 78.2 cm³/mol. The van der Waals surface area contributed by atoms with E-state index in [0.29, 0.717) is 15.7 Å². The Morgan fingerprint density at radius 2 is 1.80 bits per heavy atom. The zero-order valence-corrected chi connectivity index (χ0v) is 12.8. The second-order valence-electron chi connectivity index (χ2n) is 5.69. The number of aryl methyl sites for hydroxylation is 1. The van der Waals surface area contributed by atoms with E-state index in [0.717, 1.165) is 5.56 Å². The van der Waals surface area contributed by atoms with Gasteiger partial charge in [0.15, 0.2) is 0 Å². The van der Waals surface area contributed by atoms with Crippen LogP contribution in [0.3, 0.4) is 0 Å². The molecule has 0 spiro atoms. The fraction of sp³-hybridized carbons (Fsp3) is 0.429. The largest absolute Gasteiger partial charge is 0.481 e. The van der Waals surface area contributed by atoms with Crippen LogP contribution in [0.1, 0.15) is 19.4 Å². The van der Waals surface area contributed by atoms with Crippen molar-refractivity contribution in [1.82, 2.24) is 0 Å². The van der Waals surface area contributed by atoms with Crippen molar-refractivity contribution in [3.63, 3.8) is 0 Å². The zero-order chi connectivity index (χ0) is 15.2. The molecule has 0 aliphatic heterocycles. The molecule has 1 saturated carbocycles. The van der Waals surface area contributed by atoms with Crippen LogP contribution in [0.2, 0.25) is 10.0 Å². The quantitative estimate of drug-likeness (QED) is 0.895. The highest BCUT2D eigenvalue weighted by Crippen LogP contribution is 2.58. The lowest BCUT2D eigenvalue weighted by Crippen LogP contribution is -2.18. The van der Waals surface area contributed by atoms with Gasteiger partial charge >= 0.3 is 5.97 Å². The van der Waals surface area contributed by atoms with E-state index in [1.807, 2.05) is 6.92 Å². The molecule has 2 rings (SSSR count). The molecule has 6 heteroatoms. The molecule has 0 unspecified atom stereocenters. The Labute approximate surface area is 127 Å². The Balaban J connectivity index is 2.18. The van der Waals surface area contributed by atoms with Crippen molar-refractivity contribution in [1.29, 1.82) is 0 Å². The lowest BCUT2D eigenvalue weighted by Gasteiger charge is -2.10. The topological polar surface area (TPSA) is 66.4 Å². The molecule has 0 bridgehead atoms. The molecule has 1 aromatic carbocycles. The average Bonchev–Trinajstić information content (AvgIpc) is 2.89. The number of nitrogens with one attached hydrogen (secondary N) is 1. The van der Waals surface area contributed by atoms with E-state index in [4.69, 9.17) is 28.3 Å². The number of halogens is 2. The summed E-state index contributed by atoms with van der Waals surface area (Å²) in [6.07, 6.45) is 0. The molecular weight excluding hydrogens is 301 g/mol. The van der Waals surface area contributed by atoms with Crippen LogP contribution in [-0.4, -0.2) is 17.0 Å². The van der Waals surface area contributed by atoms with E-state index in [1.54, 1.807) is 26.0 Å². The van der Waals surface area contributed by atoms with Crippen molar-refractivity contribution in [2.75, 3.05) is 5.32 Å². The fourth-order valence-electron chi connectivity index (χ4n) is 2.54. The van der Waals surface area contributed by atoms with Gasteiger partial charge in [-0.1, -0.05) is 37.0 Å². The maximum Gasteiger partial charge on any atom is 0.307 e. The van der Waals surface area contributed by atoms with Gasteiger partial charge in [0.1, 0.15) is 0 Å². The molecule has 1 amide bonds. The molecule has 1 aliphatic carbocycles. The van der Waals surface area contributed by atoms with Crippen molar-refractivity contribution < 1.29 is 14.7 Å². The van der Waals surface area contributed by atoms with Crippen LogP contribution in [0.4, 0.5) is 5.69 Å². The molecule has 2 N–H and O–H groups in total. The van der Waals surface area contributed by atoms with E-state index in [9.17, 15) is 9.59 Å². The highest BCUT2D eigenvalue weighted by Gasteiger charge is 2.65. The molecule has 20 heavy (non-hydrogen) atoms. The molecule has 1 fully saturated rings. The van der Waals surface area contributed by atoms with Crippen LogP contribution in [0.5, 0.6) is 0 Å². The Kier molecular flexibility index (Phi) is 3.73. The monoisotopic (exact) mass is 315 g/mol. The minimum Gasteiger partial charge on any atom is -0.481 e. The summed E-state index contributed by atoms with van der Waals surface area (Å²) in [5, 5.41) is 12.6. The number of carboxylic acid groups (broad SMARTS) is 1. The number of anilines is 1. The van der Waals surface area contributed by atoms with Gasteiger partial charge in [0, 0.05) is 5.02 Å². The molecule has 0 saturated heterocycles. The summed E-state index contributed by atoms with van der Waals surface area (Å²) in [6.45, 7) is 5.34. The Hall–Kier alpha value is -1.26. The van der Waals surface area contributed by atoms with E-state index >= 15 is 0 Å². The van der Waals surface area contributed by atoms with E-state index in [2.05, 4.69) is 5.32 Å². The summed E-state index contributed by atoms with van der Waals surface area (Å²) in [7, 11) is 0. The van der Waals surface area contributed by atoms with Gasteiger partial charge in [-0.3, -0.25) is 9.59 Å². The minimum atomic E-state index is -0.955. The van der Waals surface area contributed by atoms with Crippen LogP contribution in [-0.2, 0) is 9.59 Å². The SMILES string of the molecule is Cc1cc(Cl)c(NC(=O)[C@H]2[C@@H](C(=O)O)C2(C)C)cc1Cl. The summed E-state index contributed by atoms with van der Waals surface area (Å²) in [6, 6.07) is 3.23. The second-order valence-corrected chi connectivity index (χ2v) is 6.50. The summed E-state index contributed by atoms with van der Waals surface area (Å²) >= 11 is 12.0. The van der Waals surface area contributed by atoms with Gasteiger partial charge in [0.05, 0.1) is 22.5 Å². The normalized spacial score (nSPS) is 23.2. The van der Waals surface area contributed by atoms with Crippen molar-refractivity contribution in [3.05, 3.63) is 27.7 Å². The van der Waals surface area contributed by atoms with Crippen molar-refractivity contribution in [3.8, 4) is 0 Å². The first-order valence-corrected chi connectivity index (χ1v) is 6.91. The highest BCUT2D eigenvalue weighted by molar-refractivity contribution is 6.36. The standard InChI is InChI=1S/C14H15Cl2NO3/c1-6-4-8(16)9(5-7(6)15)17-12(18)10-11(13(19)20)14(10,2)3/h4-5,10-11H,1-3H3,(H,17,18)(H,19,20)/t10-,11+/m1/s1. The van der Waals surface area contributed by atoms with Gasteiger partial charge in [-0.2, -0.15) is 0 Å². The number of hydrogen-bond donors (Lipinski definition) is 2. The molecular formula is C14H15Cl2NO3. The van der Waals surface area contributed by atoms with Gasteiger partial charge in [-0.15, -0.1) is 0 Å². The molecule has 1 aliphatic rings. The van der Waals surface area contributed by atoms with Crippen molar-refractivity contribution >= 4 is 40.8 Å². The summed E-state index contributed by atoms with van der Waals surface area (Å²) in [4.78, 5) is 23.3. The van der Waals surface area contributed by atoms with Gasteiger partial charge in [-0.25, -0.2) is 0 Å². The molecule has 4 nitrogen and oxygen atoms in total. The number of carbonyl (C=O) groups excluding carboxylic acids is 1. The first kappa shape index (κ1) is 15.1. The lowest BCUT2D eigenvalue weighted by molar-refractivity contribution is -0.140. The number of benzene rings is 1. The Morgan fingerprint density at radius 1 is 1.20 bits per heavy atom. The summed E-state index contributed by atoms with van der Waals surface area (Å²) in [5.41, 5.74) is 0.667. The lowest BCUT2D eigenvalue weighted by atomic mass is 10.1. The van der Waals surface area contributed by atoms with Crippen LogP contribution in [0.15, 0.2) is 12.1 Å². The summed E-state index contributed by atoms with van der Waals surface area (Å²) < 4.78 is 0. The predicted octanol–water partition coefficient (Wildman–Crippen LogP) is 3.60. The van der Waals surface area contributed by atoms with Crippen LogP contribution < -0.4 is 5.32 Å². The minimum absolute atomic E-state index is 0.343. The molecule has 0 radical (unpaired) electrons. The molecule has 0 heterocycles. The van der Waals surface area contributed by atoms with Gasteiger partial charge < -0.3 is 10.4 Å². The first-order valence-electron chi connectivity index (χ1n) is 6.15. The van der Waals surface area contributed by atoms with Crippen molar-refractivity contribution in [2.24, 2.45) is 17.3 Å². The van der Waals surface area contributed by atoms with Gasteiger partial charge in [0.25, 0.3) is 0 Å². The second kappa shape index (κ2) is 4.93. The van der Waals surface area contributed by atoms with Crippen molar-refractivity contribution in [2.45, 2.75) is 20.8 Å². The van der Waals surface area contributed by atoms with Crippen LogP contribution in [0.25, 0.3) is 0 Å². The van der Waals surface area contributed by atoms with E-state index in [1.165, 1.54) is 0 Å². The molecule has 108 valence electrons. The maximum absolute atomic E-state index is 12.2. The number of rotatable bonds is 3. The third-order valence-corrected chi connectivity index (χ3v) is 4.60. The number of amides is 1. The number of aliphatic carboxylic acids is 1. The zero-order valence-electron chi connectivity index (χ0n) is 11.3. The molecule has 1 aromatic rings. The fourth-order valence-corrected chi connectivity index (χ4v) is 2.97. The highest BCUT2D eigenvalue weighted by atomic mass is 35.5. The number of carboxylic acids is 1. The molecule has 0 aromatic heterocycles. The molecule has 2 atom stereocenters. The van der Waals surface area contributed by atoms with Crippen LogP contribution in [0, 0.1) is 24.2 Å².